The van der Waals surface area contributed by atoms with Crippen LogP contribution in [-0.2, 0) is 40.3 Å². The Kier molecular flexibility index (Phi) is 16.3. The van der Waals surface area contributed by atoms with E-state index >= 15 is 0 Å². The van der Waals surface area contributed by atoms with Crippen LogP contribution in [0, 0.1) is 0 Å². The Hall–Kier alpha value is 0.896. The van der Waals surface area contributed by atoms with Gasteiger partial charge in [-0.2, -0.15) is 16.8 Å². The van der Waals surface area contributed by atoms with Crippen molar-refractivity contribution in [1.29, 1.82) is 0 Å². The van der Waals surface area contributed by atoms with Gasteiger partial charge in [-0.3, -0.25) is 18.2 Å². The number of rotatable bonds is 0. The summed E-state index contributed by atoms with van der Waals surface area (Å²) in [5.74, 6) is 0. The fourth-order valence-corrected chi connectivity index (χ4v) is 0. The monoisotopic (exact) mass is 290 g/mol. The predicted molar refractivity (Wildman–Crippen MR) is 38.3 cm³/mol. The summed E-state index contributed by atoms with van der Waals surface area (Å²) in [7, 11) is -9.33. The first-order chi connectivity index (χ1) is 4.00. The van der Waals surface area contributed by atoms with Crippen LogP contribution in [0.3, 0.4) is 0 Å². The van der Waals surface area contributed by atoms with Crippen molar-refractivity contribution in [2.75, 3.05) is 0 Å². The Morgan fingerprint density at radius 2 is 0.667 bits per heavy atom. The molecule has 0 aliphatic rings. The van der Waals surface area contributed by atoms with Crippen LogP contribution in [-0.4, -0.2) is 52.4 Å². The summed E-state index contributed by atoms with van der Waals surface area (Å²) in [6.45, 7) is 0. The van der Waals surface area contributed by atoms with Gasteiger partial charge < -0.3 is 0 Å². The van der Waals surface area contributed by atoms with Gasteiger partial charge in [-0.25, -0.2) is 0 Å². The Morgan fingerprint density at radius 1 is 0.667 bits per heavy atom. The summed E-state index contributed by atoms with van der Waals surface area (Å²) < 4.78 is 63.2. The third-order valence-corrected chi connectivity index (χ3v) is 0. The third kappa shape index (κ3) is 1330. The molecule has 0 atom stereocenters. The van der Waals surface area contributed by atoms with Crippen LogP contribution in [0.5, 0.6) is 0 Å². The van der Waals surface area contributed by atoms with Gasteiger partial charge in [-0.15, -0.1) is 0 Å². The third-order valence-electron chi connectivity index (χ3n) is 0. The average Bonchev–Trinajstić information content (AvgIpc) is 1.12. The quantitative estimate of drug-likeness (QED) is 0.283. The Morgan fingerprint density at radius 3 is 0.667 bits per heavy atom. The molecule has 0 amide bonds. The molecule has 0 aliphatic heterocycles. The minimum Gasteiger partial charge on any atom is -0.264 e. The zero-order valence-electron chi connectivity index (χ0n) is 4.95. The van der Waals surface area contributed by atoms with Gasteiger partial charge in [-0.1, -0.05) is 0 Å². The van der Waals surface area contributed by atoms with Crippen LogP contribution >= 0.6 is 0 Å². The summed E-state index contributed by atoms with van der Waals surface area (Å²) in [5.41, 5.74) is 0. The summed E-state index contributed by atoms with van der Waals surface area (Å²) >= 11 is 0. The van der Waals surface area contributed by atoms with Gasteiger partial charge in [0.2, 0.25) is 0 Å². The molecule has 0 heterocycles. The zero-order valence-corrected chi connectivity index (χ0v) is 9.55. The Bertz CT molecular complexity index is 213. The number of hydrogen-bond acceptors (Lipinski definition) is 4. The molecule has 0 bridgehead atoms. The first kappa shape index (κ1) is 23.1. The van der Waals surface area contributed by atoms with Gasteiger partial charge in [0.05, 0.1) is 0 Å². The maximum absolute atomic E-state index is 8.74. The summed E-state index contributed by atoms with van der Waals surface area (Å²) in [6.07, 6.45) is 0. The molecule has 8 nitrogen and oxygen atoms in total. The smallest absolute Gasteiger partial charge is 0.264 e. The minimum absolute atomic E-state index is 0. The van der Waals surface area contributed by atoms with E-state index in [1.807, 2.05) is 0 Å². The molecular formula is H7AlO8S2Zn. The second-order valence-electron chi connectivity index (χ2n) is 0.896. The van der Waals surface area contributed by atoms with Crippen LogP contribution in [0.15, 0.2) is 0 Å². The van der Waals surface area contributed by atoms with Gasteiger partial charge in [-0.05, 0) is 0 Å². The molecule has 0 aromatic rings. The number of hydrogen-bond donors (Lipinski definition) is 4. The van der Waals surface area contributed by atoms with E-state index in [0.717, 1.165) is 0 Å². The zero-order chi connectivity index (χ0) is 9.00. The first-order valence-corrected chi connectivity index (χ1v) is 4.19. The minimum atomic E-state index is -4.67. The van der Waals surface area contributed by atoms with E-state index in [9.17, 15) is 0 Å². The predicted octanol–water partition coefficient (Wildman–Crippen LogP) is -2.49. The van der Waals surface area contributed by atoms with Crippen molar-refractivity contribution < 1.29 is 54.5 Å². The van der Waals surface area contributed by atoms with E-state index in [-0.39, 0.29) is 36.8 Å². The van der Waals surface area contributed by atoms with Gasteiger partial charge >= 0.3 is 20.8 Å². The van der Waals surface area contributed by atoms with Crippen molar-refractivity contribution >= 4 is 38.2 Å². The van der Waals surface area contributed by atoms with Gasteiger partial charge in [0.25, 0.3) is 0 Å². The maximum Gasteiger partial charge on any atom is 0.394 e. The maximum atomic E-state index is 8.74. The molecule has 0 radical (unpaired) electrons. The molecule has 0 aliphatic carbocycles. The van der Waals surface area contributed by atoms with Crippen molar-refractivity contribution in [3.05, 3.63) is 0 Å². The van der Waals surface area contributed by atoms with E-state index in [1.54, 1.807) is 0 Å². The Labute approximate surface area is 92.4 Å². The molecule has 0 unspecified atom stereocenters. The average molecular weight is 292 g/mol. The van der Waals surface area contributed by atoms with E-state index < -0.39 is 20.8 Å². The molecule has 0 aromatic heterocycles. The molecule has 72 valence electrons. The molecule has 12 heteroatoms. The Balaban J connectivity index is -0.0000000457. The fraction of sp³-hybridized carbons (Fsp3) is 0. The van der Waals surface area contributed by atoms with E-state index in [1.165, 1.54) is 0 Å². The van der Waals surface area contributed by atoms with Gasteiger partial charge in [0.15, 0.2) is 17.4 Å². The molecule has 4 N–H and O–H groups in total. The summed E-state index contributed by atoms with van der Waals surface area (Å²) in [5, 5.41) is 0. The topological polar surface area (TPSA) is 149 Å². The van der Waals surface area contributed by atoms with Gasteiger partial charge in [0.1, 0.15) is 0 Å². The summed E-state index contributed by atoms with van der Waals surface area (Å²) in [4.78, 5) is 0. The van der Waals surface area contributed by atoms with E-state index in [2.05, 4.69) is 0 Å². The molecule has 0 saturated carbocycles. The first-order valence-electron chi connectivity index (χ1n) is 1.40. The van der Waals surface area contributed by atoms with Crippen LogP contribution < -0.4 is 0 Å². The van der Waals surface area contributed by atoms with Crippen molar-refractivity contribution in [2.45, 2.75) is 0 Å². The summed E-state index contributed by atoms with van der Waals surface area (Å²) in [6, 6.07) is 0. The van der Waals surface area contributed by atoms with E-state index in [0.29, 0.717) is 0 Å². The van der Waals surface area contributed by atoms with Gasteiger partial charge in [0, 0.05) is 19.5 Å². The van der Waals surface area contributed by atoms with Crippen LogP contribution in [0.1, 0.15) is 0 Å². The molecule has 0 rings (SSSR count). The molecular weight excluding hydrogens is 284 g/mol. The van der Waals surface area contributed by atoms with Crippen molar-refractivity contribution in [1.82, 2.24) is 0 Å². The van der Waals surface area contributed by atoms with Crippen molar-refractivity contribution in [3.63, 3.8) is 0 Å². The SMILES string of the molecule is O=S(=O)(O)O.O=S(=O)(O)O.[AlH3].[Zn]. The normalized spacial score (nSPS) is 9.67. The second kappa shape index (κ2) is 8.49. The molecule has 0 fully saturated rings. The van der Waals surface area contributed by atoms with Crippen LogP contribution in [0.25, 0.3) is 0 Å². The largest absolute Gasteiger partial charge is 0.394 e. The fourth-order valence-electron chi connectivity index (χ4n) is 0. The molecule has 0 spiro atoms. The molecule has 0 aromatic carbocycles. The van der Waals surface area contributed by atoms with Crippen LogP contribution in [0.4, 0.5) is 0 Å². The molecule has 12 heavy (non-hydrogen) atoms. The van der Waals surface area contributed by atoms with Crippen molar-refractivity contribution in [3.8, 4) is 0 Å². The van der Waals surface area contributed by atoms with Crippen LogP contribution in [0.2, 0.25) is 0 Å². The standard InChI is InChI=1S/Al.2H2O4S.Zn.3H/c;2*1-5(2,3)4;;;;/h;2*(H2,1,2,3,4);;;;. The van der Waals surface area contributed by atoms with Crippen molar-refractivity contribution in [2.24, 2.45) is 0 Å². The molecule has 0 saturated heterocycles. The second-order valence-corrected chi connectivity index (χ2v) is 2.69. The van der Waals surface area contributed by atoms with E-state index in [4.69, 9.17) is 35.0 Å².